The standard InChI is InChI=1S/C39H43FN6O3/c1-4-24-6-5-7-25-16-27(47)17-28(33(24)25)29-18-32-34-36(35(29)40)42-38(43-37(34)46-19-26-8-9-30(41-26)31(46)20-48-32)49-22-39(10-11-39)21-44-12-14-45(15-13-44)23(2)3/h1,5-7,16-18,23,26,30-31,41,47H,8-15,19-22H2,2-3H3/t26-,30+,31-/m1/s1. The Morgan fingerprint density at radius 2 is 1.94 bits per heavy atom. The van der Waals surface area contributed by atoms with E-state index < -0.39 is 5.82 Å². The fourth-order valence-electron chi connectivity index (χ4n) is 8.70. The van der Waals surface area contributed by atoms with E-state index in [4.69, 9.17) is 25.9 Å². The maximum atomic E-state index is 17.2. The quantitative estimate of drug-likeness (QED) is 0.261. The van der Waals surface area contributed by atoms with Gasteiger partial charge < -0.3 is 29.7 Å². The first-order chi connectivity index (χ1) is 23.8. The fraction of sp³-hybridized carbons (Fsp3) is 0.487. The lowest BCUT2D eigenvalue weighted by molar-refractivity contribution is 0.0805. The van der Waals surface area contributed by atoms with Gasteiger partial charge in [-0.25, -0.2) is 4.39 Å². The molecule has 0 radical (unpaired) electrons. The van der Waals surface area contributed by atoms with Crippen LogP contribution in [0.5, 0.6) is 17.5 Å². The lowest BCUT2D eigenvalue weighted by Gasteiger charge is -2.40. The van der Waals surface area contributed by atoms with Crippen LogP contribution in [0.4, 0.5) is 10.2 Å². The Balaban J connectivity index is 1.12. The maximum Gasteiger partial charge on any atom is 0.319 e. The topological polar surface area (TPSA) is 86.2 Å². The highest BCUT2D eigenvalue weighted by atomic mass is 19.1. The molecule has 4 aromatic rings. The molecule has 49 heavy (non-hydrogen) atoms. The molecule has 5 heterocycles. The number of aromatic hydroxyl groups is 1. The molecule has 1 saturated carbocycles. The average molecular weight is 663 g/mol. The number of anilines is 1. The van der Waals surface area contributed by atoms with Crippen molar-refractivity contribution >= 4 is 27.5 Å². The van der Waals surface area contributed by atoms with Gasteiger partial charge in [0.1, 0.15) is 29.4 Å². The van der Waals surface area contributed by atoms with E-state index in [9.17, 15) is 5.11 Å². The predicted molar refractivity (Wildman–Crippen MR) is 189 cm³/mol. The molecule has 1 aliphatic carbocycles. The van der Waals surface area contributed by atoms with Crippen molar-refractivity contribution in [2.24, 2.45) is 5.41 Å². The summed E-state index contributed by atoms with van der Waals surface area (Å²) in [6.45, 7) is 11.5. The number of nitrogens with one attached hydrogen (secondary N) is 1. The Kier molecular flexibility index (Phi) is 7.38. The van der Waals surface area contributed by atoms with Crippen LogP contribution >= 0.6 is 0 Å². The Morgan fingerprint density at radius 3 is 2.71 bits per heavy atom. The van der Waals surface area contributed by atoms with Crippen molar-refractivity contribution in [1.29, 1.82) is 0 Å². The smallest absolute Gasteiger partial charge is 0.319 e. The number of fused-ring (bicyclic) bond motifs is 6. The number of rotatable bonds is 7. The molecule has 3 aromatic carbocycles. The van der Waals surface area contributed by atoms with E-state index in [0.29, 0.717) is 58.8 Å². The molecule has 0 spiro atoms. The molecule has 5 aliphatic rings. The number of ether oxygens (including phenoxy) is 2. The van der Waals surface area contributed by atoms with Crippen molar-refractivity contribution in [3.05, 3.63) is 47.8 Å². The van der Waals surface area contributed by atoms with Crippen LogP contribution in [0.15, 0.2) is 36.4 Å². The van der Waals surface area contributed by atoms with Gasteiger partial charge in [-0.3, -0.25) is 4.90 Å². The van der Waals surface area contributed by atoms with Crippen LogP contribution in [0.25, 0.3) is 32.8 Å². The third-order valence-corrected chi connectivity index (χ3v) is 11.6. The number of hydrogen-bond acceptors (Lipinski definition) is 9. The van der Waals surface area contributed by atoms with E-state index in [1.165, 1.54) is 0 Å². The summed E-state index contributed by atoms with van der Waals surface area (Å²) < 4.78 is 30.2. The minimum atomic E-state index is -0.518. The highest BCUT2D eigenvalue weighted by Crippen LogP contribution is 2.48. The predicted octanol–water partition coefficient (Wildman–Crippen LogP) is 5.16. The summed E-state index contributed by atoms with van der Waals surface area (Å²) >= 11 is 0. The maximum absolute atomic E-state index is 17.2. The van der Waals surface area contributed by atoms with E-state index in [2.05, 4.69) is 39.8 Å². The van der Waals surface area contributed by atoms with Crippen molar-refractivity contribution in [2.45, 2.75) is 63.7 Å². The Bertz CT molecular complexity index is 2000. The van der Waals surface area contributed by atoms with Gasteiger partial charge in [0.25, 0.3) is 0 Å². The molecule has 4 aliphatic heterocycles. The minimum absolute atomic E-state index is 0.0231. The Morgan fingerprint density at radius 1 is 1.10 bits per heavy atom. The van der Waals surface area contributed by atoms with Crippen molar-refractivity contribution in [3.8, 4) is 41.0 Å². The van der Waals surface area contributed by atoms with Crippen molar-refractivity contribution in [3.63, 3.8) is 0 Å². The summed E-state index contributed by atoms with van der Waals surface area (Å²) in [6, 6.07) is 11.9. The Labute approximate surface area is 286 Å². The third kappa shape index (κ3) is 5.34. The number of aromatic nitrogens is 2. The molecule has 0 unspecified atom stereocenters. The monoisotopic (exact) mass is 662 g/mol. The van der Waals surface area contributed by atoms with E-state index in [1.54, 1.807) is 18.2 Å². The number of halogens is 1. The number of phenolic OH excluding ortho intramolecular Hbond substituents is 1. The van der Waals surface area contributed by atoms with Crippen molar-refractivity contribution < 1.29 is 19.0 Å². The van der Waals surface area contributed by atoms with Gasteiger partial charge in [0.15, 0.2) is 5.82 Å². The first-order valence-corrected chi connectivity index (χ1v) is 17.8. The molecule has 9 nitrogen and oxygen atoms in total. The molecule has 9 rings (SSSR count). The van der Waals surface area contributed by atoms with Gasteiger partial charge >= 0.3 is 6.01 Å². The molecule has 254 valence electrons. The summed E-state index contributed by atoms with van der Waals surface area (Å²) in [4.78, 5) is 17.2. The first kappa shape index (κ1) is 30.9. The molecular weight excluding hydrogens is 619 g/mol. The molecule has 4 fully saturated rings. The highest BCUT2D eigenvalue weighted by molar-refractivity contribution is 6.05. The molecular formula is C39H43FN6O3. The second-order valence-corrected chi connectivity index (χ2v) is 15.1. The summed E-state index contributed by atoms with van der Waals surface area (Å²) in [5.74, 6) is 3.44. The molecule has 2 bridgehead atoms. The number of terminal acetylenes is 1. The van der Waals surface area contributed by atoms with Crippen LogP contribution in [0, 0.1) is 23.6 Å². The summed E-state index contributed by atoms with van der Waals surface area (Å²) in [5, 5.41) is 16.5. The van der Waals surface area contributed by atoms with Crippen LogP contribution in [-0.2, 0) is 0 Å². The minimum Gasteiger partial charge on any atom is -0.508 e. The summed E-state index contributed by atoms with van der Waals surface area (Å²) in [7, 11) is 0. The highest BCUT2D eigenvalue weighted by Gasteiger charge is 2.46. The van der Waals surface area contributed by atoms with E-state index >= 15 is 4.39 Å². The van der Waals surface area contributed by atoms with Gasteiger partial charge in [0.2, 0.25) is 0 Å². The Hall–Kier alpha value is -4.17. The SMILES string of the molecule is C#Cc1cccc2cc(O)cc(-c3cc4c5c(nc(OCC6(CN7CCN(C(C)C)CC7)CC6)nc5c3F)N3C[C@H]5CC[C@H](N5)[C@H]3CO4)c12. The lowest BCUT2D eigenvalue weighted by Crippen LogP contribution is -2.60. The first-order valence-electron chi connectivity index (χ1n) is 17.8. The number of benzene rings is 3. The molecule has 1 aromatic heterocycles. The molecule has 10 heteroatoms. The average Bonchev–Trinajstić information content (AvgIpc) is 3.80. The van der Waals surface area contributed by atoms with Gasteiger partial charge in [-0.1, -0.05) is 18.1 Å². The van der Waals surface area contributed by atoms with E-state index in [0.717, 1.165) is 70.3 Å². The molecule has 3 saturated heterocycles. The largest absolute Gasteiger partial charge is 0.508 e. The zero-order valence-electron chi connectivity index (χ0n) is 28.2. The number of phenols is 1. The second kappa shape index (κ2) is 11.7. The van der Waals surface area contributed by atoms with Gasteiger partial charge in [0.05, 0.1) is 18.0 Å². The van der Waals surface area contributed by atoms with Crippen molar-refractivity contribution in [1.82, 2.24) is 25.1 Å². The summed E-state index contributed by atoms with van der Waals surface area (Å²) in [6.07, 6.45) is 10.3. The molecule has 0 amide bonds. The van der Waals surface area contributed by atoms with E-state index in [1.807, 2.05) is 18.2 Å². The number of nitrogens with zero attached hydrogens (tertiary/aromatic N) is 5. The van der Waals surface area contributed by atoms with Crippen molar-refractivity contribution in [2.75, 3.05) is 57.4 Å². The van der Waals surface area contributed by atoms with E-state index in [-0.39, 0.29) is 40.3 Å². The van der Waals surface area contributed by atoms with Crippen LogP contribution in [0.3, 0.4) is 0 Å². The van der Waals surface area contributed by atoms with Crippen LogP contribution in [0.2, 0.25) is 0 Å². The third-order valence-electron chi connectivity index (χ3n) is 11.6. The lowest BCUT2D eigenvalue weighted by atomic mass is 9.93. The van der Waals surface area contributed by atoms with Gasteiger partial charge in [-0.2, -0.15) is 9.97 Å². The van der Waals surface area contributed by atoms with Gasteiger partial charge in [0, 0.05) is 79.3 Å². The fourth-order valence-corrected chi connectivity index (χ4v) is 8.70. The summed E-state index contributed by atoms with van der Waals surface area (Å²) in [5.41, 5.74) is 1.58. The number of piperazine rings is 2. The van der Waals surface area contributed by atoms with Crippen LogP contribution in [-0.4, -0.2) is 102 Å². The second-order valence-electron chi connectivity index (χ2n) is 15.1. The van der Waals surface area contributed by atoms with Gasteiger partial charge in [-0.15, -0.1) is 6.42 Å². The normalized spacial score (nSPS) is 24.5. The number of hydrogen-bond donors (Lipinski definition) is 2. The molecule has 2 N–H and O–H groups in total. The zero-order chi connectivity index (χ0) is 33.4. The van der Waals surface area contributed by atoms with Crippen LogP contribution in [0.1, 0.15) is 45.1 Å². The van der Waals surface area contributed by atoms with Gasteiger partial charge in [-0.05, 0) is 74.7 Å². The van der Waals surface area contributed by atoms with Crippen LogP contribution < -0.4 is 19.7 Å². The zero-order valence-corrected chi connectivity index (χ0v) is 28.2. The molecule has 3 atom stereocenters.